The molecule has 1 aliphatic rings. The third kappa shape index (κ3) is 7.81. The van der Waals surface area contributed by atoms with Crippen molar-refractivity contribution in [2.24, 2.45) is 0 Å². The first-order valence-corrected chi connectivity index (χ1v) is 9.26. The smallest absolute Gasteiger partial charge is 0.354 e. The molecule has 1 aliphatic heterocycles. The maximum atomic E-state index is 13.4. The minimum atomic E-state index is -4.40. The molecule has 29 heavy (non-hydrogen) atoms. The lowest BCUT2D eigenvalue weighted by atomic mass is 10.2. The molecule has 1 atom stereocenters. The lowest BCUT2D eigenvalue weighted by Gasteiger charge is -2.35. The van der Waals surface area contributed by atoms with Crippen molar-refractivity contribution in [1.82, 2.24) is 20.5 Å². The van der Waals surface area contributed by atoms with Crippen molar-refractivity contribution in [2.75, 3.05) is 44.2 Å². The van der Waals surface area contributed by atoms with Crippen molar-refractivity contribution in [3.63, 3.8) is 0 Å². The van der Waals surface area contributed by atoms with E-state index in [0.717, 1.165) is 12.4 Å². The maximum Gasteiger partial charge on any atom is 0.405 e. The zero-order valence-electron chi connectivity index (χ0n) is 16.8. The number of alkyl halides is 3. The minimum absolute atomic E-state index is 0. The average Bonchev–Trinajstić information content (AvgIpc) is 2.62. The first-order chi connectivity index (χ1) is 12.7. The third-order valence-electron chi connectivity index (χ3n) is 4.69. The molecule has 168 valence electrons. The van der Waals surface area contributed by atoms with Crippen molar-refractivity contribution in [1.29, 1.82) is 0 Å². The Balaban J connectivity index is 0.00000392. The summed E-state index contributed by atoms with van der Waals surface area (Å²) in [6.07, 6.45) is -2.99. The summed E-state index contributed by atoms with van der Waals surface area (Å²) in [5, 5.41) is 5.44. The Bertz CT molecular complexity index is 611. The number of carbonyl (C=O) groups excluding carboxylic acids is 1. The average molecular weight is 460 g/mol. The van der Waals surface area contributed by atoms with Crippen LogP contribution in [0.1, 0.15) is 31.1 Å². The molecule has 2 rings (SSSR count). The molecule has 0 aromatic carbocycles. The molecule has 1 fully saturated rings. The highest BCUT2D eigenvalue weighted by Crippen LogP contribution is 2.25. The van der Waals surface area contributed by atoms with Crippen LogP contribution >= 0.6 is 24.8 Å². The third-order valence-corrected chi connectivity index (χ3v) is 4.69. The fraction of sp³-hybridized carbons (Fsp3) is 0.667. The Morgan fingerprint density at radius 2 is 1.90 bits per heavy atom. The van der Waals surface area contributed by atoms with Gasteiger partial charge in [0, 0.05) is 51.5 Å². The summed E-state index contributed by atoms with van der Waals surface area (Å²) in [7, 11) is 0. The summed E-state index contributed by atoms with van der Waals surface area (Å²) in [6.45, 7) is 8.02. The quantitative estimate of drug-likeness (QED) is 0.656. The van der Waals surface area contributed by atoms with Crippen LogP contribution in [-0.4, -0.2) is 73.3 Å². The van der Waals surface area contributed by atoms with Crippen LogP contribution in [-0.2, 0) is 0 Å². The molecule has 2 N–H and O–H groups in total. The van der Waals surface area contributed by atoms with Gasteiger partial charge in [-0.25, -0.2) is 4.98 Å². The number of hydrogen-bond acceptors (Lipinski definition) is 5. The van der Waals surface area contributed by atoms with E-state index in [9.17, 15) is 18.0 Å². The van der Waals surface area contributed by atoms with E-state index in [1.807, 2.05) is 20.8 Å². The van der Waals surface area contributed by atoms with Gasteiger partial charge in [0.2, 0.25) is 0 Å². The molecule has 6 nitrogen and oxygen atoms in total. The van der Waals surface area contributed by atoms with Gasteiger partial charge in [-0.15, -0.1) is 24.8 Å². The Hall–Kier alpha value is -1.29. The van der Waals surface area contributed by atoms with Crippen LogP contribution < -0.4 is 15.5 Å². The monoisotopic (exact) mass is 459 g/mol. The zero-order chi connectivity index (χ0) is 20.0. The number of rotatable bonds is 7. The van der Waals surface area contributed by atoms with Crippen molar-refractivity contribution in [3.05, 3.63) is 23.9 Å². The Morgan fingerprint density at radius 3 is 2.34 bits per heavy atom. The number of amides is 1. The summed E-state index contributed by atoms with van der Waals surface area (Å²) in [4.78, 5) is 20.0. The van der Waals surface area contributed by atoms with Gasteiger partial charge >= 0.3 is 6.18 Å². The van der Waals surface area contributed by atoms with Gasteiger partial charge in [-0.3, -0.25) is 9.69 Å². The molecule has 0 radical (unpaired) electrons. The summed E-state index contributed by atoms with van der Waals surface area (Å²) >= 11 is 0. The van der Waals surface area contributed by atoms with E-state index in [0.29, 0.717) is 26.2 Å². The fourth-order valence-electron chi connectivity index (χ4n) is 3.22. The number of hydrogen-bond donors (Lipinski definition) is 2. The topological polar surface area (TPSA) is 60.5 Å². The Labute approximate surface area is 182 Å². The Kier molecular flexibility index (Phi) is 11.9. The molecule has 11 heteroatoms. The molecule has 0 bridgehead atoms. The maximum absolute atomic E-state index is 13.4. The van der Waals surface area contributed by atoms with Gasteiger partial charge in [-0.2, -0.15) is 13.2 Å². The molecule has 1 saturated heterocycles. The van der Waals surface area contributed by atoms with Crippen LogP contribution in [0, 0.1) is 0 Å². The molecule has 1 aromatic rings. The number of nitrogens with zero attached hydrogens (tertiary/aromatic N) is 3. The first-order valence-electron chi connectivity index (χ1n) is 9.26. The number of piperazine rings is 1. The molecule has 0 saturated carbocycles. The van der Waals surface area contributed by atoms with E-state index < -0.39 is 24.7 Å². The highest BCUT2D eigenvalue weighted by atomic mass is 35.5. The molecular weight excluding hydrogens is 430 g/mol. The van der Waals surface area contributed by atoms with Crippen molar-refractivity contribution in [3.8, 4) is 0 Å². The summed E-state index contributed by atoms with van der Waals surface area (Å²) in [5.74, 6) is 0.184. The Morgan fingerprint density at radius 1 is 1.28 bits per heavy atom. The van der Waals surface area contributed by atoms with Gasteiger partial charge in [0.05, 0.1) is 5.56 Å². The molecule has 1 unspecified atom stereocenters. The largest absolute Gasteiger partial charge is 0.405 e. The summed E-state index contributed by atoms with van der Waals surface area (Å²) in [5.41, 5.74) is 0.250. The number of aromatic nitrogens is 1. The number of nitrogens with one attached hydrogen (secondary N) is 2. The predicted octanol–water partition coefficient (Wildman–Crippen LogP) is 2.73. The second-order valence-electron chi connectivity index (χ2n) is 6.84. The molecular formula is C18H30Cl2F3N5O. The van der Waals surface area contributed by atoms with Gasteiger partial charge in [-0.1, -0.05) is 0 Å². The fourth-order valence-corrected chi connectivity index (χ4v) is 3.22. The lowest BCUT2D eigenvalue weighted by molar-refractivity contribution is -0.183. The number of anilines is 1. The molecule has 1 amide bonds. The van der Waals surface area contributed by atoms with E-state index in [2.05, 4.69) is 20.5 Å². The van der Waals surface area contributed by atoms with Crippen LogP contribution in [0.5, 0.6) is 0 Å². The van der Waals surface area contributed by atoms with Gasteiger partial charge in [0.1, 0.15) is 11.9 Å². The first kappa shape index (κ1) is 27.7. The molecule has 0 aliphatic carbocycles. The zero-order valence-corrected chi connectivity index (χ0v) is 18.5. The molecule has 1 aromatic heterocycles. The van der Waals surface area contributed by atoms with Gasteiger partial charge in [0.25, 0.3) is 5.91 Å². The number of pyridine rings is 1. The normalized spacial score (nSPS) is 15.8. The van der Waals surface area contributed by atoms with Crippen molar-refractivity contribution >= 4 is 36.5 Å². The second-order valence-corrected chi connectivity index (χ2v) is 6.84. The summed E-state index contributed by atoms with van der Waals surface area (Å²) in [6, 6.07) is 1.88. The second kappa shape index (κ2) is 12.4. The van der Waals surface area contributed by atoms with E-state index >= 15 is 0 Å². The lowest BCUT2D eigenvalue weighted by Crippen LogP contribution is -2.57. The van der Waals surface area contributed by atoms with Crippen LogP contribution in [0.3, 0.4) is 0 Å². The standard InChI is InChI=1S/C18H28F3N5O.2ClH/c1-4-26(13(2)3)16-6-5-14(11-23-16)17(27)24-12-15(18(19,20)21)25-9-7-22-8-10-25;;/h5-6,11,13,15,22H,4,7-10,12H2,1-3H3,(H,24,27);2*1H. The van der Waals surface area contributed by atoms with Crippen molar-refractivity contribution in [2.45, 2.75) is 39.0 Å². The minimum Gasteiger partial charge on any atom is -0.354 e. The predicted molar refractivity (Wildman–Crippen MR) is 114 cm³/mol. The van der Waals surface area contributed by atoms with Gasteiger partial charge < -0.3 is 15.5 Å². The van der Waals surface area contributed by atoms with E-state index in [-0.39, 0.29) is 36.4 Å². The van der Waals surface area contributed by atoms with Crippen molar-refractivity contribution < 1.29 is 18.0 Å². The van der Waals surface area contributed by atoms with Crippen LogP contribution in [0.2, 0.25) is 0 Å². The van der Waals surface area contributed by atoms with Crippen LogP contribution in [0.25, 0.3) is 0 Å². The van der Waals surface area contributed by atoms with Gasteiger partial charge in [-0.05, 0) is 32.9 Å². The number of carbonyl (C=O) groups is 1. The highest BCUT2D eigenvalue weighted by molar-refractivity contribution is 5.94. The SMILES string of the molecule is CCN(c1ccc(C(=O)NCC(N2CCNCC2)C(F)(F)F)cn1)C(C)C.Cl.Cl. The highest BCUT2D eigenvalue weighted by Gasteiger charge is 2.43. The van der Waals surface area contributed by atoms with E-state index in [4.69, 9.17) is 0 Å². The van der Waals surface area contributed by atoms with Crippen LogP contribution in [0.15, 0.2) is 18.3 Å². The van der Waals surface area contributed by atoms with Gasteiger partial charge in [0.15, 0.2) is 0 Å². The number of halogens is 5. The van der Waals surface area contributed by atoms with E-state index in [1.165, 1.54) is 11.1 Å². The molecule has 2 heterocycles. The van der Waals surface area contributed by atoms with Crippen LogP contribution in [0.4, 0.5) is 19.0 Å². The molecule has 0 spiro atoms. The summed E-state index contributed by atoms with van der Waals surface area (Å²) < 4.78 is 40.1. The van der Waals surface area contributed by atoms with E-state index in [1.54, 1.807) is 12.1 Å².